The molecule has 0 unspecified atom stereocenters. The lowest BCUT2D eigenvalue weighted by atomic mass is 10.1. The molecule has 0 spiro atoms. The number of hydrogen-bond donors (Lipinski definition) is 1. The average Bonchev–Trinajstić information content (AvgIpc) is 2.87. The van der Waals surface area contributed by atoms with Gasteiger partial charge in [-0.15, -0.1) is 0 Å². The molecular weight excluding hydrogens is 480 g/mol. The SMILES string of the molecule is CC[C@H](C(=O)N[C@@H](C)CC)N(Cc1ccc(OC)cc1)C(=O)CN(c1ccccc1)S(=O)(=O)N(C)C. The Hall–Kier alpha value is -3.11. The number of rotatable bonds is 13. The van der Waals surface area contributed by atoms with Crippen molar-refractivity contribution < 1.29 is 22.7 Å². The number of amides is 2. The molecule has 0 saturated heterocycles. The van der Waals surface area contributed by atoms with Crippen molar-refractivity contribution in [2.24, 2.45) is 0 Å². The topological polar surface area (TPSA) is 99.3 Å². The minimum Gasteiger partial charge on any atom is -0.497 e. The third kappa shape index (κ3) is 7.44. The molecule has 2 aromatic carbocycles. The first kappa shape index (κ1) is 29.1. The lowest BCUT2D eigenvalue weighted by Gasteiger charge is -2.34. The fourth-order valence-electron chi connectivity index (χ4n) is 3.60. The Bertz CT molecular complexity index is 1090. The monoisotopic (exact) mass is 518 g/mol. The maximum absolute atomic E-state index is 13.8. The molecule has 0 radical (unpaired) electrons. The molecule has 0 fully saturated rings. The van der Waals surface area contributed by atoms with Gasteiger partial charge in [0.25, 0.3) is 0 Å². The van der Waals surface area contributed by atoms with E-state index in [1.807, 2.05) is 32.9 Å². The van der Waals surface area contributed by atoms with E-state index in [0.717, 1.165) is 20.6 Å². The van der Waals surface area contributed by atoms with E-state index in [1.54, 1.807) is 49.6 Å². The molecule has 2 atom stereocenters. The third-order valence-corrected chi connectivity index (χ3v) is 7.78. The second-order valence-corrected chi connectivity index (χ2v) is 10.8. The molecule has 2 aromatic rings. The lowest BCUT2D eigenvalue weighted by Crippen LogP contribution is -2.54. The first-order chi connectivity index (χ1) is 17.0. The van der Waals surface area contributed by atoms with E-state index < -0.39 is 28.7 Å². The van der Waals surface area contributed by atoms with Crippen molar-refractivity contribution in [3.63, 3.8) is 0 Å². The highest BCUT2D eigenvalue weighted by molar-refractivity contribution is 7.90. The second kappa shape index (κ2) is 13.3. The Balaban J connectivity index is 2.47. The Kier molecular flexibility index (Phi) is 10.7. The van der Waals surface area contributed by atoms with Gasteiger partial charge in [0.15, 0.2) is 0 Å². The minimum absolute atomic E-state index is 0.0561. The number of ether oxygens (including phenoxy) is 1. The van der Waals surface area contributed by atoms with Gasteiger partial charge in [-0.1, -0.05) is 44.2 Å². The van der Waals surface area contributed by atoms with Crippen LogP contribution in [0.4, 0.5) is 5.69 Å². The van der Waals surface area contributed by atoms with Crippen LogP contribution in [0.15, 0.2) is 54.6 Å². The van der Waals surface area contributed by atoms with Gasteiger partial charge in [-0.2, -0.15) is 12.7 Å². The molecular formula is C26H38N4O5S. The first-order valence-corrected chi connectivity index (χ1v) is 13.4. The van der Waals surface area contributed by atoms with Gasteiger partial charge in [0, 0.05) is 26.7 Å². The summed E-state index contributed by atoms with van der Waals surface area (Å²) in [7, 11) is 0.426. The van der Waals surface area contributed by atoms with Crippen LogP contribution in [0.1, 0.15) is 39.2 Å². The predicted octanol–water partition coefficient (Wildman–Crippen LogP) is 3.03. The van der Waals surface area contributed by atoms with E-state index in [9.17, 15) is 18.0 Å². The summed E-state index contributed by atoms with van der Waals surface area (Å²) in [6, 6.07) is 14.8. The number of carbonyl (C=O) groups excluding carboxylic acids is 2. The summed E-state index contributed by atoms with van der Waals surface area (Å²) >= 11 is 0. The number of hydrogen-bond acceptors (Lipinski definition) is 5. The number of anilines is 1. The number of nitrogens with one attached hydrogen (secondary N) is 1. The van der Waals surface area contributed by atoms with E-state index >= 15 is 0 Å². The summed E-state index contributed by atoms with van der Waals surface area (Å²) in [5.74, 6) is -0.0767. The molecule has 0 aliphatic carbocycles. The number of methoxy groups -OCH3 is 1. The molecule has 2 rings (SSSR count). The first-order valence-electron chi connectivity index (χ1n) is 12.0. The van der Waals surface area contributed by atoms with Crippen LogP contribution in [0.2, 0.25) is 0 Å². The number of carbonyl (C=O) groups is 2. The summed E-state index contributed by atoms with van der Waals surface area (Å²) in [5, 5.41) is 2.96. The Morgan fingerprint density at radius 1 is 0.972 bits per heavy atom. The van der Waals surface area contributed by atoms with Gasteiger partial charge >= 0.3 is 10.2 Å². The summed E-state index contributed by atoms with van der Waals surface area (Å²) in [5.41, 5.74) is 1.15. The summed E-state index contributed by atoms with van der Waals surface area (Å²) in [4.78, 5) is 28.4. The highest BCUT2D eigenvalue weighted by Crippen LogP contribution is 2.21. The van der Waals surface area contributed by atoms with Crippen LogP contribution in [0, 0.1) is 0 Å². The second-order valence-electron chi connectivity index (χ2n) is 8.74. The average molecular weight is 519 g/mol. The summed E-state index contributed by atoms with van der Waals surface area (Å²) in [6.07, 6.45) is 1.12. The van der Waals surface area contributed by atoms with Crippen LogP contribution < -0.4 is 14.4 Å². The maximum Gasteiger partial charge on any atom is 0.304 e. The van der Waals surface area contributed by atoms with E-state index in [0.29, 0.717) is 17.9 Å². The molecule has 10 heteroatoms. The zero-order chi connectivity index (χ0) is 26.9. The molecule has 0 aromatic heterocycles. The molecule has 198 valence electrons. The van der Waals surface area contributed by atoms with Crippen molar-refractivity contribution in [2.45, 2.75) is 52.2 Å². The molecule has 36 heavy (non-hydrogen) atoms. The fourth-order valence-corrected chi connectivity index (χ4v) is 4.66. The fraction of sp³-hybridized carbons (Fsp3) is 0.462. The molecule has 0 aliphatic rings. The van der Waals surface area contributed by atoms with Crippen molar-refractivity contribution in [1.29, 1.82) is 0 Å². The van der Waals surface area contributed by atoms with Gasteiger partial charge in [0.05, 0.1) is 12.8 Å². The molecule has 0 bridgehead atoms. The number of benzene rings is 2. The molecule has 9 nitrogen and oxygen atoms in total. The van der Waals surface area contributed by atoms with Gasteiger partial charge in [0.2, 0.25) is 11.8 Å². The van der Waals surface area contributed by atoms with Crippen LogP contribution in [0.5, 0.6) is 5.75 Å². The molecule has 0 heterocycles. The van der Waals surface area contributed by atoms with E-state index in [2.05, 4.69) is 5.32 Å². The third-order valence-electron chi connectivity index (χ3n) is 5.96. The predicted molar refractivity (Wildman–Crippen MR) is 142 cm³/mol. The van der Waals surface area contributed by atoms with Crippen LogP contribution in [-0.4, -0.2) is 69.3 Å². The highest BCUT2D eigenvalue weighted by Gasteiger charge is 2.34. The van der Waals surface area contributed by atoms with Crippen molar-refractivity contribution in [3.8, 4) is 5.75 Å². The van der Waals surface area contributed by atoms with Crippen LogP contribution in [0.3, 0.4) is 0 Å². The van der Waals surface area contributed by atoms with Gasteiger partial charge in [-0.25, -0.2) is 4.31 Å². The van der Waals surface area contributed by atoms with E-state index in [4.69, 9.17) is 4.74 Å². The summed E-state index contributed by atoms with van der Waals surface area (Å²) < 4.78 is 33.7. The number of nitrogens with zero attached hydrogens (tertiary/aromatic N) is 3. The number of para-hydroxylation sites is 1. The maximum atomic E-state index is 13.8. The summed E-state index contributed by atoms with van der Waals surface area (Å²) in [6.45, 7) is 5.39. The molecule has 2 amide bonds. The van der Waals surface area contributed by atoms with E-state index in [-0.39, 0.29) is 18.5 Å². The standard InChI is InChI=1S/C26H38N4O5S/c1-7-20(3)27-26(32)24(8-2)29(18-21-14-16-23(35-6)17-15-21)25(31)19-30(36(33,34)28(4)5)22-12-10-9-11-13-22/h9-17,20,24H,7-8,18-19H2,1-6H3,(H,27,32)/t20-,24+/m0/s1. The molecule has 0 aliphatic heterocycles. The largest absolute Gasteiger partial charge is 0.497 e. The zero-order valence-corrected chi connectivity index (χ0v) is 22.8. The quantitative estimate of drug-likeness (QED) is 0.440. The lowest BCUT2D eigenvalue weighted by molar-refractivity contribution is -0.140. The van der Waals surface area contributed by atoms with E-state index in [1.165, 1.54) is 19.0 Å². The van der Waals surface area contributed by atoms with Crippen LogP contribution in [-0.2, 0) is 26.3 Å². The van der Waals surface area contributed by atoms with Gasteiger partial charge in [0.1, 0.15) is 18.3 Å². The van der Waals surface area contributed by atoms with Crippen molar-refractivity contribution in [3.05, 3.63) is 60.2 Å². The smallest absolute Gasteiger partial charge is 0.304 e. The van der Waals surface area contributed by atoms with Crippen LogP contribution >= 0.6 is 0 Å². The Morgan fingerprint density at radius 3 is 2.08 bits per heavy atom. The minimum atomic E-state index is -3.98. The van der Waals surface area contributed by atoms with Gasteiger partial charge in [-0.3, -0.25) is 9.59 Å². The van der Waals surface area contributed by atoms with Gasteiger partial charge < -0.3 is 15.0 Å². The van der Waals surface area contributed by atoms with Crippen molar-refractivity contribution >= 4 is 27.7 Å². The molecule has 1 N–H and O–H groups in total. The van der Waals surface area contributed by atoms with Crippen LogP contribution in [0.25, 0.3) is 0 Å². The van der Waals surface area contributed by atoms with Crippen molar-refractivity contribution in [1.82, 2.24) is 14.5 Å². The highest BCUT2D eigenvalue weighted by atomic mass is 32.2. The zero-order valence-electron chi connectivity index (χ0n) is 22.0. The Labute approximate surface area is 215 Å². The van der Waals surface area contributed by atoms with Crippen molar-refractivity contribution in [2.75, 3.05) is 32.1 Å². The van der Waals surface area contributed by atoms with Gasteiger partial charge in [-0.05, 0) is 49.6 Å². The Morgan fingerprint density at radius 2 is 1.58 bits per heavy atom. The normalized spacial score (nSPS) is 13.1. The molecule has 0 saturated carbocycles.